The van der Waals surface area contributed by atoms with Gasteiger partial charge < -0.3 is 9.42 Å². The lowest BCUT2D eigenvalue weighted by Gasteiger charge is -2.31. The van der Waals surface area contributed by atoms with Gasteiger partial charge in [-0.05, 0) is 31.7 Å². The maximum Gasteiger partial charge on any atom is 0.259 e. The Bertz CT molecular complexity index is 931. The number of pyridine rings is 1. The summed E-state index contributed by atoms with van der Waals surface area (Å²) in [5.74, 6) is -0.00749. The molecule has 3 aromatic rings. The Morgan fingerprint density at radius 3 is 2.69 bits per heavy atom. The topological polar surface area (TPSA) is 59.2 Å². The molecule has 1 saturated heterocycles. The molecule has 1 amide bonds. The quantitative estimate of drug-likeness (QED) is 0.713. The van der Waals surface area contributed by atoms with E-state index in [2.05, 4.69) is 10.1 Å². The molecule has 0 radical (unpaired) electrons. The first-order chi connectivity index (χ1) is 12.7. The van der Waals surface area contributed by atoms with E-state index in [1.807, 2.05) is 43.3 Å². The molecule has 0 saturated carbocycles. The zero-order valence-electron chi connectivity index (χ0n) is 14.6. The molecule has 0 unspecified atom stereocenters. The summed E-state index contributed by atoms with van der Waals surface area (Å²) < 4.78 is 18.2. The fraction of sp³-hybridized carbons (Fsp3) is 0.350. The van der Waals surface area contributed by atoms with Gasteiger partial charge in [0.1, 0.15) is 0 Å². The van der Waals surface area contributed by atoms with Gasteiger partial charge in [-0.25, -0.2) is 4.98 Å². The van der Waals surface area contributed by atoms with Crippen molar-refractivity contribution in [2.75, 3.05) is 19.8 Å². The van der Waals surface area contributed by atoms with E-state index in [0.29, 0.717) is 54.0 Å². The second-order valence-electron chi connectivity index (χ2n) is 6.76. The Labute approximate surface area is 150 Å². The molecule has 3 heterocycles. The molecule has 6 heteroatoms. The molecule has 0 bridgehead atoms. The van der Waals surface area contributed by atoms with Crippen LogP contribution in [0, 0.1) is 12.8 Å². The summed E-state index contributed by atoms with van der Waals surface area (Å²) in [4.78, 5) is 19.5. The molecule has 0 spiro atoms. The highest BCUT2D eigenvalue weighted by molar-refractivity contribution is 6.07. The molecule has 1 aromatic carbocycles. The maximum absolute atomic E-state index is 13.2. The highest BCUT2D eigenvalue weighted by Crippen LogP contribution is 2.29. The summed E-state index contributed by atoms with van der Waals surface area (Å²) >= 11 is 0. The molecule has 1 aliphatic heterocycles. The van der Waals surface area contributed by atoms with Crippen LogP contribution in [0.4, 0.5) is 4.39 Å². The van der Waals surface area contributed by atoms with Crippen LogP contribution in [0.15, 0.2) is 40.9 Å². The van der Waals surface area contributed by atoms with Crippen LogP contribution in [0.1, 0.15) is 28.9 Å². The zero-order chi connectivity index (χ0) is 18.1. The van der Waals surface area contributed by atoms with Crippen molar-refractivity contribution < 1.29 is 13.7 Å². The van der Waals surface area contributed by atoms with Gasteiger partial charge in [0.15, 0.2) is 0 Å². The van der Waals surface area contributed by atoms with E-state index < -0.39 is 0 Å². The highest BCUT2D eigenvalue weighted by Gasteiger charge is 2.27. The minimum absolute atomic E-state index is 0.0636. The smallest absolute Gasteiger partial charge is 0.259 e. The van der Waals surface area contributed by atoms with Gasteiger partial charge in [0.2, 0.25) is 0 Å². The van der Waals surface area contributed by atoms with Gasteiger partial charge in [0, 0.05) is 18.7 Å². The zero-order valence-corrected chi connectivity index (χ0v) is 14.6. The second-order valence-corrected chi connectivity index (χ2v) is 6.76. The number of piperidine rings is 1. The molecule has 1 fully saturated rings. The van der Waals surface area contributed by atoms with Gasteiger partial charge in [-0.2, -0.15) is 0 Å². The van der Waals surface area contributed by atoms with E-state index in [0.717, 1.165) is 5.56 Å². The van der Waals surface area contributed by atoms with Crippen molar-refractivity contribution in [1.29, 1.82) is 0 Å². The number of amides is 1. The summed E-state index contributed by atoms with van der Waals surface area (Å²) in [7, 11) is 0. The van der Waals surface area contributed by atoms with E-state index in [4.69, 9.17) is 4.52 Å². The average Bonchev–Trinajstić information content (AvgIpc) is 3.08. The number of aromatic nitrogens is 2. The van der Waals surface area contributed by atoms with Crippen molar-refractivity contribution in [2.24, 2.45) is 5.92 Å². The first kappa shape index (κ1) is 16.7. The van der Waals surface area contributed by atoms with Gasteiger partial charge in [-0.15, -0.1) is 0 Å². The summed E-state index contributed by atoms with van der Waals surface area (Å²) in [5.41, 5.74) is 3.15. The molecule has 1 aliphatic rings. The van der Waals surface area contributed by atoms with E-state index in [9.17, 15) is 9.18 Å². The Hall–Kier alpha value is -2.76. The molecule has 4 rings (SSSR count). The van der Waals surface area contributed by atoms with Crippen molar-refractivity contribution in [2.45, 2.75) is 19.8 Å². The lowest BCUT2D eigenvalue weighted by atomic mass is 9.97. The summed E-state index contributed by atoms with van der Waals surface area (Å²) in [5, 5.41) is 4.64. The number of aryl methyl sites for hydroxylation is 1. The third-order valence-corrected chi connectivity index (χ3v) is 5.04. The number of fused-ring (bicyclic) bond motifs is 1. The fourth-order valence-corrected chi connectivity index (χ4v) is 3.48. The summed E-state index contributed by atoms with van der Waals surface area (Å²) in [6, 6.07) is 11.5. The Morgan fingerprint density at radius 2 is 2.00 bits per heavy atom. The molecule has 2 aromatic heterocycles. The molecular weight excluding hydrogens is 333 g/mol. The summed E-state index contributed by atoms with van der Waals surface area (Å²) in [6.45, 7) is 2.64. The van der Waals surface area contributed by atoms with E-state index in [1.165, 1.54) is 0 Å². The number of likely N-dealkylation sites (tertiary alicyclic amines) is 1. The van der Waals surface area contributed by atoms with Crippen LogP contribution in [0.3, 0.4) is 0 Å². The van der Waals surface area contributed by atoms with Gasteiger partial charge >= 0.3 is 0 Å². The lowest BCUT2D eigenvalue weighted by Crippen LogP contribution is -2.39. The van der Waals surface area contributed by atoms with E-state index in [-0.39, 0.29) is 18.5 Å². The van der Waals surface area contributed by atoms with E-state index in [1.54, 1.807) is 4.90 Å². The Kier molecular flexibility index (Phi) is 4.41. The monoisotopic (exact) mass is 353 g/mol. The standard InChI is InChI=1S/C20H20FN3O2/c1-13-18-16(20(25)24-9-7-14(12-21)8-10-24)11-17(22-19(18)26-23-13)15-5-3-2-4-6-15/h2-6,11,14H,7-10,12H2,1H3. The van der Waals surface area contributed by atoms with Crippen molar-refractivity contribution in [3.05, 3.63) is 47.7 Å². The number of carbonyl (C=O) groups excluding carboxylic acids is 1. The number of alkyl halides is 1. The minimum Gasteiger partial charge on any atom is -0.339 e. The first-order valence-electron chi connectivity index (χ1n) is 8.85. The van der Waals surface area contributed by atoms with Gasteiger partial charge in [-0.3, -0.25) is 9.18 Å². The fourth-order valence-electron chi connectivity index (χ4n) is 3.48. The SMILES string of the molecule is Cc1noc2nc(-c3ccccc3)cc(C(=O)N3CCC(CF)CC3)c12. The predicted octanol–water partition coefficient (Wildman–Crippen LogP) is 4.02. The normalized spacial score (nSPS) is 15.5. The maximum atomic E-state index is 13.2. The van der Waals surface area contributed by atoms with Gasteiger partial charge in [0.05, 0.1) is 29.0 Å². The van der Waals surface area contributed by atoms with Crippen LogP contribution in [0.25, 0.3) is 22.4 Å². The number of carbonyl (C=O) groups is 1. The van der Waals surface area contributed by atoms with Crippen LogP contribution in [-0.4, -0.2) is 40.7 Å². The van der Waals surface area contributed by atoms with Crippen LogP contribution >= 0.6 is 0 Å². The molecule has 0 atom stereocenters. The Balaban J connectivity index is 1.75. The van der Waals surface area contributed by atoms with Crippen LogP contribution in [0.5, 0.6) is 0 Å². The lowest BCUT2D eigenvalue weighted by molar-refractivity contribution is 0.0679. The number of rotatable bonds is 3. The summed E-state index contributed by atoms with van der Waals surface area (Å²) in [6.07, 6.45) is 1.40. The first-order valence-corrected chi connectivity index (χ1v) is 8.85. The minimum atomic E-state index is -0.315. The van der Waals surface area contributed by atoms with Crippen LogP contribution < -0.4 is 0 Å². The number of hydrogen-bond acceptors (Lipinski definition) is 4. The van der Waals surface area contributed by atoms with Crippen molar-refractivity contribution in [3.8, 4) is 11.3 Å². The van der Waals surface area contributed by atoms with Crippen molar-refractivity contribution >= 4 is 17.0 Å². The molecule has 0 N–H and O–H groups in total. The van der Waals surface area contributed by atoms with Gasteiger partial charge in [0.25, 0.3) is 11.6 Å². The highest BCUT2D eigenvalue weighted by atomic mass is 19.1. The molecule has 5 nitrogen and oxygen atoms in total. The third kappa shape index (κ3) is 2.96. The van der Waals surface area contributed by atoms with Gasteiger partial charge in [-0.1, -0.05) is 35.5 Å². The average molecular weight is 353 g/mol. The molecule has 134 valence electrons. The second kappa shape index (κ2) is 6.86. The van der Waals surface area contributed by atoms with Crippen molar-refractivity contribution in [3.63, 3.8) is 0 Å². The largest absolute Gasteiger partial charge is 0.339 e. The number of hydrogen-bond donors (Lipinski definition) is 0. The van der Waals surface area contributed by atoms with Crippen LogP contribution in [0.2, 0.25) is 0 Å². The number of benzene rings is 1. The number of halogens is 1. The van der Waals surface area contributed by atoms with E-state index >= 15 is 0 Å². The van der Waals surface area contributed by atoms with Crippen molar-refractivity contribution in [1.82, 2.24) is 15.0 Å². The van der Waals surface area contributed by atoms with Crippen LogP contribution in [-0.2, 0) is 0 Å². The molecule has 26 heavy (non-hydrogen) atoms. The predicted molar refractivity (Wildman–Crippen MR) is 96.6 cm³/mol. The molecule has 0 aliphatic carbocycles. The third-order valence-electron chi connectivity index (χ3n) is 5.04. The molecular formula is C20H20FN3O2. The number of nitrogens with zero attached hydrogens (tertiary/aromatic N) is 3. The Morgan fingerprint density at radius 1 is 1.27 bits per heavy atom.